The molecule has 0 bridgehead atoms. The van der Waals surface area contributed by atoms with Crippen molar-refractivity contribution in [3.05, 3.63) is 17.8 Å². The minimum absolute atomic E-state index is 0.345. The molecular formula is C15H23N3O2. The highest BCUT2D eigenvalue weighted by atomic mass is 16.5. The van der Waals surface area contributed by atoms with Crippen molar-refractivity contribution >= 4 is 17.5 Å². The monoisotopic (exact) mass is 277 g/mol. The maximum Gasteiger partial charge on any atom is 0.340 e. The third-order valence-electron chi connectivity index (χ3n) is 3.72. The zero-order valence-corrected chi connectivity index (χ0v) is 12.3. The van der Waals surface area contributed by atoms with Crippen LogP contribution in [0.5, 0.6) is 0 Å². The van der Waals surface area contributed by atoms with Gasteiger partial charge in [-0.15, -0.1) is 0 Å². The van der Waals surface area contributed by atoms with Crippen molar-refractivity contribution in [2.75, 3.05) is 30.3 Å². The number of carbonyl (C=O) groups is 1. The number of nitrogens with zero attached hydrogens (tertiary/aromatic N) is 2. The van der Waals surface area contributed by atoms with E-state index in [-0.39, 0.29) is 5.97 Å². The largest absolute Gasteiger partial charge is 0.462 e. The summed E-state index contributed by atoms with van der Waals surface area (Å²) in [6.45, 7) is 6.34. The molecule has 2 rings (SSSR count). The molecular weight excluding hydrogens is 254 g/mol. The number of esters is 1. The number of anilines is 2. The van der Waals surface area contributed by atoms with Crippen LogP contribution in [0.3, 0.4) is 0 Å². The molecule has 1 aliphatic heterocycles. The van der Waals surface area contributed by atoms with Gasteiger partial charge in [0.15, 0.2) is 0 Å². The molecule has 2 N–H and O–H groups in total. The first kappa shape index (κ1) is 14.6. The van der Waals surface area contributed by atoms with Crippen molar-refractivity contribution in [1.29, 1.82) is 0 Å². The van der Waals surface area contributed by atoms with Crippen molar-refractivity contribution in [1.82, 2.24) is 4.98 Å². The highest BCUT2D eigenvalue weighted by molar-refractivity contribution is 5.95. The highest BCUT2D eigenvalue weighted by Gasteiger charge is 2.24. The summed E-state index contributed by atoms with van der Waals surface area (Å²) < 4.78 is 5.02. The maximum absolute atomic E-state index is 11.9. The number of carbonyl (C=O) groups excluding carboxylic acids is 1. The van der Waals surface area contributed by atoms with Gasteiger partial charge < -0.3 is 15.4 Å². The average molecular weight is 277 g/mol. The van der Waals surface area contributed by atoms with Crippen LogP contribution < -0.4 is 10.6 Å². The molecule has 20 heavy (non-hydrogen) atoms. The fraction of sp³-hybridized carbons (Fsp3) is 0.600. The fourth-order valence-corrected chi connectivity index (χ4v) is 2.70. The van der Waals surface area contributed by atoms with E-state index in [2.05, 4.69) is 16.8 Å². The van der Waals surface area contributed by atoms with Gasteiger partial charge in [0.1, 0.15) is 5.82 Å². The molecule has 110 valence electrons. The predicted octanol–water partition coefficient (Wildman–Crippen LogP) is 2.47. The Labute approximate surface area is 120 Å². The van der Waals surface area contributed by atoms with Crippen molar-refractivity contribution < 1.29 is 9.53 Å². The first-order valence-electron chi connectivity index (χ1n) is 7.33. The second kappa shape index (κ2) is 6.59. The molecule has 1 fully saturated rings. The van der Waals surface area contributed by atoms with Crippen LogP contribution in [0, 0.1) is 5.92 Å². The Morgan fingerprint density at radius 3 is 3.05 bits per heavy atom. The van der Waals surface area contributed by atoms with Crippen LogP contribution in [0.4, 0.5) is 11.5 Å². The van der Waals surface area contributed by atoms with Gasteiger partial charge in [-0.05, 0) is 31.7 Å². The van der Waals surface area contributed by atoms with Gasteiger partial charge in [-0.2, -0.15) is 0 Å². The summed E-state index contributed by atoms with van der Waals surface area (Å²) in [6.07, 6.45) is 5.20. The van der Waals surface area contributed by atoms with Crippen molar-refractivity contribution in [3.8, 4) is 0 Å². The number of pyridine rings is 1. The summed E-state index contributed by atoms with van der Waals surface area (Å²) in [7, 11) is 0. The quantitative estimate of drug-likeness (QED) is 0.837. The number of hydrogen-bond donors (Lipinski definition) is 1. The van der Waals surface area contributed by atoms with Gasteiger partial charge in [0.05, 0.1) is 24.1 Å². The van der Waals surface area contributed by atoms with Gasteiger partial charge in [0.25, 0.3) is 0 Å². The third-order valence-corrected chi connectivity index (χ3v) is 3.72. The average Bonchev–Trinajstić information content (AvgIpc) is 2.88. The topological polar surface area (TPSA) is 68.5 Å². The second-order valence-corrected chi connectivity index (χ2v) is 5.24. The Kier molecular flexibility index (Phi) is 4.82. The molecule has 1 unspecified atom stereocenters. The molecule has 1 aromatic heterocycles. The van der Waals surface area contributed by atoms with Crippen molar-refractivity contribution in [2.45, 2.75) is 33.1 Å². The second-order valence-electron chi connectivity index (χ2n) is 5.24. The van der Waals surface area contributed by atoms with E-state index in [1.54, 1.807) is 19.2 Å². The molecule has 5 heteroatoms. The number of nitrogens with two attached hydrogens (primary N) is 1. The molecule has 0 amide bonds. The molecule has 1 saturated heterocycles. The maximum atomic E-state index is 11.9. The molecule has 1 atom stereocenters. The summed E-state index contributed by atoms with van der Waals surface area (Å²) in [6, 6.07) is 1.75. The number of aromatic nitrogens is 1. The van der Waals surface area contributed by atoms with Gasteiger partial charge in [0, 0.05) is 13.1 Å². The Morgan fingerprint density at radius 1 is 1.55 bits per heavy atom. The predicted molar refractivity (Wildman–Crippen MR) is 79.8 cm³/mol. The van der Waals surface area contributed by atoms with Crippen molar-refractivity contribution in [2.24, 2.45) is 5.92 Å². The molecule has 0 saturated carbocycles. The van der Waals surface area contributed by atoms with Gasteiger partial charge >= 0.3 is 5.97 Å². The van der Waals surface area contributed by atoms with E-state index in [0.29, 0.717) is 17.9 Å². The van der Waals surface area contributed by atoms with E-state index >= 15 is 0 Å². The summed E-state index contributed by atoms with van der Waals surface area (Å²) in [5.41, 5.74) is 6.60. The minimum atomic E-state index is -0.377. The van der Waals surface area contributed by atoms with Gasteiger partial charge in [0.2, 0.25) is 0 Å². The van der Waals surface area contributed by atoms with E-state index in [1.165, 1.54) is 19.3 Å². The Morgan fingerprint density at radius 2 is 2.35 bits per heavy atom. The summed E-state index contributed by atoms with van der Waals surface area (Å²) in [5.74, 6) is 1.17. The molecule has 0 radical (unpaired) electrons. The normalized spacial score (nSPS) is 18.3. The lowest BCUT2D eigenvalue weighted by atomic mass is 10.0. The summed E-state index contributed by atoms with van der Waals surface area (Å²) in [4.78, 5) is 18.4. The smallest absolute Gasteiger partial charge is 0.340 e. The van der Waals surface area contributed by atoms with E-state index < -0.39 is 0 Å². The minimum Gasteiger partial charge on any atom is -0.462 e. The fourth-order valence-electron chi connectivity index (χ4n) is 2.70. The van der Waals surface area contributed by atoms with Crippen LogP contribution in [0.1, 0.15) is 43.5 Å². The number of nitrogen functional groups attached to an aromatic ring is 1. The van der Waals surface area contributed by atoms with Crippen LogP contribution in [0.2, 0.25) is 0 Å². The van der Waals surface area contributed by atoms with Crippen LogP contribution in [0.25, 0.3) is 0 Å². The Hall–Kier alpha value is -1.78. The lowest BCUT2D eigenvalue weighted by molar-refractivity contribution is 0.0527. The first-order chi connectivity index (χ1) is 9.65. The molecule has 1 aliphatic rings. The van der Waals surface area contributed by atoms with E-state index in [0.717, 1.165) is 24.8 Å². The van der Waals surface area contributed by atoms with E-state index in [9.17, 15) is 4.79 Å². The number of hydrogen-bond acceptors (Lipinski definition) is 5. The molecule has 2 heterocycles. The molecule has 0 aromatic carbocycles. The van der Waals surface area contributed by atoms with Crippen LogP contribution in [0.15, 0.2) is 12.3 Å². The van der Waals surface area contributed by atoms with Crippen LogP contribution in [-0.2, 0) is 4.74 Å². The lowest BCUT2D eigenvalue weighted by Crippen LogP contribution is -2.21. The molecule has 5 nitrogen and oxygen atoms in total. The van der Waals surface area contributed by atoms with Crippen molar-refractivity contribution in [3.63, 3.8) is 0 Å². The zero-order chi connectivity index (χ0) is 14.5. The van der Waals surface area contributed by atoms with E-state index in [4.69, 9.17) is 10.5 Å². The lowest BCUT2D eigenvalue weighted by Gasteiger charge is -2.18. The standard InChI is InChI=1S/C15H23N3O2/c1-3-5-11-6-7-18(10-11)14-8-12(13(16)9-17-14)15(19)20-4-2/h8-9,11H,3-7,10,16H2,1-2H3. The number of rotatable bonds is 5. The summed E-state index contributed by atoms with van der Waals surface area (Å²) in [5, 5.41) is 0. The summed E-state index contributed by atoms with van der Waals surface area (Å²) >= 11 is 0. The van der Waals surface area contributed by atoms with E-state index in [1.807, 2.05) is 0 Å². The molecule has 0 aliphatic carbocycles. The first-order valence-corrected chi connectivity index (χ1v) is 7.33. The zero-order valence-electron chi connectivity index (χ0n) is 12.3. The van der Waals surface area contributed by atoms with Gasteiger partial charge in [-0.25, -0.2) is 9.78 Å². The Bertz CT molecular complexity index is 476. The highest BCUT2D eigenvalue weighted by Crippen LogP contribution is 2.27. The number of ether oxygens (including phenoxy) is 1. The van der Waals surface area contributed by atoms with Gasteiger partial charge in [-0.1, -0.05) is 13.3 Å². The van der Waals surface area contributed by atoms with Crippen LogP contribution >= 0.6 is 0 Å². The molecule has 1 aromatic rings. The molecule has 0 spiro atoms. The van der Waals surface area contributed by atoms with Crippen LogP contribution in [-0.4, -0.2) is 30.6 Å². The SMILES string of the molecule is CCCC1CCN(c2cc(C(=O)OCC)c(N)cn2)C1. The third kappa shape index (κ3) is 3.21. The Balaban J connectivity index is 2.13. The van der Waals surface area contributed by atoms with Gasteiger partial charge in [-0.3, -0.25) is 0 Å².